The Balaban J connectivity index is 3.44. The molecule has 0 saturated carbocycles. The van der Waals surface area contributed by atoms with E-state index in [1.165, 1.54) is 0 Å². The fourth-order valence-corrected chi connectivity index (χ4v) is 0.585. The molecule has 6 nitrogen and oxygen atoms in total. The van der Waals surface area contributed by atoms with E-state index in [9.17, 15) is 4.79 Å². The molecule has 1 radical (unpaired) electrons. The predicted octanol–water partition coefficient (Wildman–Crippen LogP) is -1.38. The summed E-state index contributed by atoms with van der Waals surface area (Å²) in [5.74, 6) is -1.08. The molecule has 0 atom stereocenters. The zero-order valence-electron chi connectivity index (χ0n) is 6.66. The molecule has 0 spiro atoms. The molecule has 0 amide bonds. The number of carboxylic acid groups (broad SMARTS) is 1. The van der Waals surface area contributed by atoms with Crippen molar-refractivity contribution in [1.82, 2.24) is 0 Å². The summed E-state index contributed by atoms with van der Waals surface area (Å²) in [5, 5.41) is 8.34. The average molecular weight is 173 g/mol. The standard InChI is InChI=1S/C6H13N4O2/c7-4(5(11)12)2-1-3-10-6(8)9/h1-3,7H2,(H,11,12)(H4,8,9,10). The predicted molar refractivity (Wildman–Crippen MR) is 45.0 cm³/mol. The van der Waals surface area contributed by atoms with Crippen LogP contribution >= 0.6 is 0 Å². The highest BCUT2D eigenvalue weighted by Crippen LogP contribution is 2.01. The van der Waals surface area contributed by atoms with Gasteiger partial charge in [0.1, 0.15) is 6.04 Å². The molecule has 0 aromatic carbocycles. The number of rotatable bonds is 5. The zero-order valence-corrected chi connectivity index (χ0v) is 6.66. The largest absolute Gasteiger partial charge is 0.480 e. The van der Waals surface area contributed by atoms with E-state index >= 15 is 0 Å². The van der Waals surface area contributed by atoms with Gasteiger partial charge in [0.05, 0.1) is 0 Å². The Hall–Kier alpha value is -1.30. The first kappa shape index (κ1) is 10.7. The lowest BCUT2D eigenvalue weighted by atomic mass is 10.2. The van der Waals surface area contributed by atoms with Gasteiger partial charge in [0, 0.05) is 6.54 Å². The van der Waals surface area contributed by atoms with Gasteiger partial charge in [-0.2, -0.15) is 0 Å². The Morgan fingerprint density at radius 1 is 1.33 bits per heavy atom. The maximum Gasteiger partial charge on any atom is 0.326 e. The topological polar surface area (TPSA) is 128 Å². The molecule has 0 unspecified atom stereocenters. The van der Waals surface area contributed by atoms with E-state index in [4.69, 9.17) is 22.3 Å². The number of hydrogen-bond donors (Lipinski definition) is 4. The van der Waals surface area contributed by atoms with Gasteiger partial charge in [0.2, 0.25) is 0 Å². The van der Waals surface area contributed by atoms with Gasteiger partial charge in [-0.1, -0.05) is 0 Å². The summed E-state index contributed by atoms with van der Waals surface area (Å²) in [6, 6.07) is -0.0687. The van der Waals surface area contributed by atoms with E-state index in [1.54, 1.807) is 0 Å². The highest BCUT2D eigenvalue weighted by Gasteiger charge is 2.11. The van der Waals surface area contributed by atoms with Crippen molar-refractivity contribution in [3.63, 3.8) is 0 Å². The maximum absolute atomic E-state index is 10.2. The number of aliphatic imine (C=N–C) groups is 1. The van der Waals surface area contributed by atoms with Crippen molar-refractivity contribution < 1.29 is 9.90 Å². The smallest absolute Gasteiger partial charge is 0.326 e. The van der Waals surface area contributed by atoms with E-state index in [1.807, 2.05) is 0 Å². The van der Waals surface area contributed by atoms with Crippen molar-refractivity contribution in [3.05, 3.63) is 6.04 Å². The minimum absolute atomic E-state index is 0.00361. The van der Waals surface area contributed by atoms with Gasteiger partial charge in [-0.25, -0.2) is 0 Å². The van der Waals surface area contributed by atoms with E-state index in [-0.39, 0.29) is 12.0 Å². The molecule has 0 aliphatic heterocycles. The normalized spacial score (nSPS) is 9.83. The van der Waals surface area contributed by atoms with Crippen LogP contribution in [-0.2, 0) is 4.79 Å². The summed E-state index contributed by atoms with van der Waals surface area (Å²) in [5.41, 5.74) is 15.2. The Labute approximate surface area is 70.4 Å². The first-order chi connectivity index (χ1) is 5.54. The highest BCUT2D eigenvalue weighted by atomic mass is 16.4. The number of nitrogens with zero attached hydrogens (tertiary/aromatic N) is 1. The number of aliphatic carboxylic acids is 1. The molecule has 0 saturated heterocycles. The lowest BCUT2D eigenvalue weighted by Crippen LogP contribution is -2.23. The second kappa shape index (κ2) is 5.36. The number of nitrogens with two attached hydrogens (primary N) is 3. The summed E-state index contributed by atoms with van der Waals surface area (Å²) >= 11 is 0. The van der Waals surface area contributed by atoms with E-state index in [0.29, 0.717) is 19.4 Å². The third-order valence-electron chi connectivity index (χ3n) is 1.17. The number of guanidine groups is 1. The van der Waals surface area contributed by atoms with Crippen LogP contribution in [-0.4, -0.2) is 23.6 Å². The van der Waals surface area contributed by atoms with Gasteiger partial charge >= 0.3 is 5.97 Å². The monoisotopic (exact) mass is 173 g/mol. The molecular weight excluding hydrogens is 160 g/mol. The molecule has 0 aromatic rings. The Morgan fingerprint density at radius 3 is 2.33 bits per heavy atom. The number of hydrogen-bond acceptors (Lipinski definition) is 3. The van der Waals surface area contributed by atoms with Crippen LogP contribution in [0.15, 0.2) is 4.99 Å². The minimum Gasteiger partial charge on any atom is -0.480 e. The van der Waals surface area contributed by atoms with Crippen LogP contribution in [0.4, 0.5) is 0 Å². The summed E-state index contributed by atoms with van der Waals surface area (Å²) in [7, 11) is 0. The quantitative estimate of drug-likeness (QED) is 0.231. The summed E-state index contributed by atoms with van der Waals surface area (Å²) < 4.78 is 0. The Kier molecular flexibility index (Phi) is 4.78. The van der Waals surface area contributed by atoms with Gasteiger partial charge in [0.25, 0.3) is 0 Å². The van der Waals surface area contributed by atoms with Crippen molar-refractivity contribution in [2.75, 3.05) is 6.54 Å². The molecule has 0 aliphatic carbocycles. The van der Waals surface area contributed by atoms with Gasteiger partial charge in [-0.05, 0) is 12.8 Å². The molecular formula is C6H13N4O2. The molecule has 6 heteroatoms. The van der Waals surface area contributed by atoms with Crippen molar-refractivity contribution in [2.24, 2.45) is 22.2 Å². The number of carbonyl (C=O) groups is 1. The Bertz CT molecular complexity index is 176. The second-order valence-electron chi connectivity index (χ2n) is 2.24. The van der Waals surface area contributed by atoms with Crippen LogP contribution in [0.2, 0.25) is 0 Å². The fourth-order valence-electron chi connectivity index (χ4n) is 0.585. The van der Waals surface area contributed by atoms with Crippen LogP contribution in [0.25, 0.3) is 0 Å². The van der Waals surface area contributed by atoms with Crippen molar-refractivity contribution >= 4 is 11.9 Å². The average Bonchev–Trinajstić information content (AvgIpc) is 1.97. The molecule has 0 heterocycles. The van der Waals surface area contributed by atoms with E-state index in [2.05, 4.69) is 4.99 Å². The van der Waals surface area contributed by atoms with Crippen LogP contribution in [0.1, 0.15) is 12.8 Å². The molecule has 0 rings (SSSR count). The van der Waals surface area contributed by atoms with Crippen molar-refractivity contribution in [2.45, 2.75) is 12.8 Å². The summed E-state index contributed by atoms with van der Waals surface area (Å²) in [6.45, 7) is 0.399. The summed E-state index contributed by atoms with van der Waals surface area (Å²) in [4.78, 5) is 13.8. The van der Waals surface area contributed by atoms with Crippen LogP contribution in [0, 0.1) is 6.04 Å². The van der Waals surface area contributed by atoms with Gasteiger partial charge in [-0.15, -0.1) is 0 Å². The molecule has 12 heavy (non-hydrogen) atoms. The van der Waals surface area contributed by atoms with Crippen molar-refractivity contribution in [1.29, 1.82) is 0 Å². The maximum atomic E-state index is 10.2. The SMILES string of the molecule is N[C](CCCN=C(N)N)C(=O)O. The Morgan fingerprint density at radius 2 is 1.92 bits per heavy atom. The highest BCUT2D eigenvalue weighted by molar-refractivity contribution is 5.81. The summed E-state index contributed by atoms with van der Waals surface area (Å²) in [6.07, 6.45) is 0.835. The van der Waals surface area contributed by atoms with Crippen LogP contribution < -0.4 is 17.2 Å². The van der Waals surface area contributed by atoms with Crippen LogP contribution in [0.3, 0.4) is 0 Å². The lowest BCUT2D eigenvalue weighted by molar-refractivity contribution is -0.135. The second-order valence-corrected chi connectivity index (χ2v) is 2.24. The lowest BCUT2D eigenvalue weighted by Gasteiger charge is -2.02. The third-order valence-corrected chi connectivity index (χ3v) is 1.17. The fraction of sp³-hybridized carbons (Fsp3) is 0.500. The van der Waals surface area contributed by atoms with Crippen LogP contribution in [0.5, 0.6) is 0 Å². The van der Waals surface area contributed by atoms with Crippen molar-refractivity contribution in [3.8, 4) is 0 Å². The molecule has 0 aliphatic rings. The molecule has 0 aromatic heterocycles. The van der Waals surface area contributed by atoms with Gasteiger partial charge in [-0.3, -0.25) is 9.79 Å². The van der Waals surface area contributed by atoms with Gasteiger partial charge < -0.3 is 22.3 Å². The number of carboxylic acids is 1. The van der Waals surface area contributed by atoms with Gasteiger partial charge in [0.15, 0.2) is 5.96 Å². The molecule has 69 valence electrons. The third kappa shape index (κ3) is 5.48. The first-order valence-corrected chi connectivity index (χ1v) is 3.44. The van der Waals surface area contributed by atoms with E-state index < -0.39 is 5.97 Å². The van der Waals surface area contributed by atoms with E-state index in [0.717, 1.165) is 0 Å². The molecule has 0 bridgehead atoms. The molecule has 0 fully saturated rings. The minimum atomic E-state index is -1.08. The zero-order chi connectivity index (χ0) is 9.56. The first-order valence-electron chi connectivity index (χ1n) is 3.44. The molecule has 7 N–H and O–H groups in total.